The lowest BCUT2D eigenvalue weighted by Gasteiger charge is -2.37. The van der Waals surface area contributed by atoms with Crippen LogP contribution in [0.1, 0.15) is 18.9 Å². The van der Waals surface area contributed by atoms with Crippen LogP contribution in [0.3, 0.4) is 0 Å². The minimum Gasteiger partial charge on any atom is -0.369 e. The molecule has 4 rings (SSSR count). The predicted octanol–water partition coefficient (Wildman–Crippen LogP) is 3.14. The third kappa shape index (κ3) is 3.52. The number of halogens is 1. The van der Waals surface area contributed by atoms with E-state index < -0.39 is 5.41 Å². The van der Waals surface area contributed by atoms with Crippen molar-refractivity contribution in [1.29, 1.82) is 0 Å². The molecule has 2 aromatic carbocycles. The van der Waals surface area contributed by atoms with Gasteiger partial charge in [0, 0.05) is 43.3 Å². The average molecular weight is 398 g/mol. The third-order valence-electron chi connectivity index (χ3n) is 5.84. The molecule has 0 aromatic heterocycles. The Labute approximate surface area is 170 Å². The lowest BCUT2D eigenvalue weighted by Crippen LogP contribution is -2.51. The van der Waals surface area contributed by atoms with Crippen LogP contribution in [-0.2, 0) is 15.0 Å². The van der Waals surface area contributed by atoms with Gasteiger partial charge in [0.2, 0.25) is 11.8 Å². The maximum absolute atomic E-state index is 13.1. The highest BCUT2D eigenvalue weighted by Crippen LogP contribution is 2.36. The van der Waals surface area contributed by atoms with E-state index in [-0.39, 0.29) is 18.2 Å². The molecule has 1 unspecified atom stereocenters. The maximum atomic E-state index is 13.1. The van der Waals surface area contributed by atoms with Crippen LogP contribution in [0.5, 0.6) is 0 Å². The zero-order valence-electron chi connectivity index (χ0n) is 16.0. The first-order valence-corrected chi connectivity index (χ1v) is 9.98. The number of amides is 2. The standard InChI is InChI=1S/C22H24ClN3O2/c1-22(17-5-3-2-4-6-17)15-20(27)26(21(22)28)16-24-11-13-25(14-12-24)19-9-7-18(23)8-10-19/h2-10H,11-16H2,1H3. The highest BCUT2D eigenvalue weighted by molar-refractivity contribution is 6.30. The number of rotatable bonds is 4. The van der Waals surface area contributed by atoms with Crippen molar-refractivity contribution < 1.29 is 9.59 Å². The molecule has 6 heteroatoms. The summed E-state index contributed by atoms with van der Waals surface area (Å²) >= 11 is 5.97. The topological polar surface area (TPSA) is 43.9 Å². The molecule has 2 aromatic rings. The Balaban J connectivity index is 1.39. The Kier molecular flexibility index (Phi) is 5.13. The molecule has 0 aliphatic carbocycles. The van der Waals surface area contributed by atoms with Crippen LogP contribution in [0, 0.1) is 0 Å². The molecule has 2 aliphatic rings. The molecule has 0 radical (unpaired) electrons. The summed E-state index contributed by atoms with van der Waals surface area (Å²) in [6.07, 6.45) is 0.237. The summed E-state index contributed by atoms with van der Waals surface area (Å²) in [5.74, 6) is -0.180. The number of hydrogen-bond acceptors (Lipinski definition) is 4. The predicted molar refractivity (Wildman–Crippen MR) is 110 cm³/mol. The Morgan fingerprint density at radius 1 is 0.929 bits per heavy atom. The van der Waals surface area contributed by atoms with Gasteiger partial charge in [0.1, 0.15) is 0 Å². The molecular weight excluding hydrogens is 374 g/mol. The molecule has 2 aliphatic heterocycles. The number of carbonyl (C=O) groups excluding carboxylic acids is 2. The zero-order chi connectivity index (χ0) is 19.7. The van der Waals surface area contributed by atoms with E-state index >= 15 is 0 Å². The van der Waals surface area contributed by atoms with Crippen molar-refractivity contribution in [3.05, 3.63) is 65.2 Å². The minimum absolute atomic E-state index is 0.0866. The zero-order valence-corrected chi connectivity index (χ0v) is 16.7. The van der Waals surface area contributed by atoms with Crippen LogP contribution >= 0.6 is 11.6 Å². The van der Waals surface area contributed by atoms with E-state index in [2.05, 4.69) is 9.80 Å². The van der Waals surface area contributed by atoms with Crippen molar-refractivity contribution in [2.24, 2.45) is 0 Å². The van der Waals surface area contributed by atoms with Gasteiger partial charge in [-0.15, -0.1) is 0 Å². The molecule has 2 saturated heterocycles. The van der Waals surface area contributed by atoms with Gasteiger partial charge in [-0.1, -0.05) is 41.9 Å². The van der Waals surface area contributed by atoms with Gasteiger partial charge in [0.05, 0.1) is 12.1 Å². The van der Waals surface area contributed by atoms with Gasteiger partial charge in [0.25, 0.3) is 0 Å². The van der Waals surface area contributed by atoms with Crippen molar-refractivity contribution in [3.8, 4) is 0 Å². The Morgan fingerprint density at radius 3 is 2.21 bits per heavy atom. The van der Waals surface area contributed by atoms with Gasteiger partial charge in [-0.05, 0) is 36.8 Å². The molecule has 146 valence electrons. The van der Waals surface area contributed by atoms with Crippen molar-refractivity contribution in [1.82, 2.24) is 9.80 Å². The molecule has 0 saturated carbocycles. The first-order chi connectivity index (χ1) is 13.5. The van der Waals surface area contributed by atoms with E-state index in [1.807, 2.05) is 61.5 Å². The largest absolute Gasteiger partial charge is 0.369 e. The summed E-state index contributed by atoms with van der Waals surface area (Å²) in [6, 6.07) is 17.5. The number of benzene rings is 2. The third-order valence-corrected chi connectivity index (χ3v) is 6.09. The first-order valence-electron chi connectivity index (χ1n) is 9.60. The summed E-state index contributed by atoms with van der Waals surface area (Å²) in [6.45, 7) is 5.57. The summed E-state index contributed by atoms with van der Waals surface area (Å²) in [5, 5.41) is 0.731. The van der Waals surface area contributed by atoms with Crippen LogP contribution in [0.25, 0.3) is 0 Å². The van der Waals surface area contributed by atoms with E-state index in [0.29, 0.717) is 6.67 Å². The van der Waals surface area contributed by atoms with Gasteiger partial charge in [-0.25, -0.2) is 0 Å². The van der Waals surface area contributed by atoms with Gasteiger partial charge >= 0.3 is 0 Å². The molecule has 2 amide bonds. The van der Waals surface area contributed by atoms with Crippen LogP contribution in [0.15, 0.2) is 54.6 Å². The second kappa shape index (κ2) is 7.57. The second-order valence-corrected chi connectivity index (χ2v) is 8.16. The Hall–Kier alpha value is -2.37. The Bertz CT molecular complexity index is 863. The van der Waals surface area contributed by atoms with E-state index in [4.69, 9.17) is 11.6 Å². The minimum atomic E-state index is -0.760. The molecule has 0 spiro atoms. The normalized spacial score (nSPS) is 23.5. The fourth-order valence-corrected chi connectivity index (χ4v) is 4.18. The highest BCUT2D eigenvalue weighted by atomic mass is 35.5. The molecule has 28 heavy (non-hydrogen) atoms. The van der Waals surface area contributed by atoms with Crippen molar-refractivity contribution in [3.63, 3.8) is 0 Å². The van der Waals surface area contributed by atoms with Gasteiger partial charge in [0.15, 0.2) is 0 Å². The molecule has 2 fully saturated rings. The van der Waals surface area contributed by atoms with Gasteiger partial charge in [-0.3, -0.25) is 19.4 Å². The van der Waals surface area contributed by atoms with E-state index in [1.165, 1.54) is 4.90 Å². The summed E-state index contributed by atoms with van der Waals surface area (Å²) in [7, 11) is 0. The van der Waals surface area contributed by atoms with Gasteiger partial charge in [-0.2, -0.15) is 0 Å². The maximum Gasteiger partial charge on any atom is 0.241 e. The Morgan fingerprint density at radius 2 is 1.57 bits per heavy atom. The van der Waals surface area contributed by atoms with E-state index in [0.717, 1.165) is 42.5 Å². The first kappa shape index (κ1) is 19.0. The van der Waals surface area contributed by atoms with Crippen LogP contribution in [-0.4, -0.2) is 54.5 Å². The molecule has 0 N–H and O–H groups in total. The monoisotopic (exact) mass is 397 g/mol. The van der Waals surface area contributed by atoms with Crippen molar-refractivity contribution in [2.75, 3.05) is 37.7 Å². The van der Waals surface area contributed by atoms with E-state index in [9.17, 15) is 9.59 Å². The summed E-state index contributed by atoms with van der Waals surface area (Å²) in [4.78, 5) is 31.6. The molecule has 0 bridgehead atoms. The number of nitrogens with zero attached hydrogens (tertiary/aromatic N) is 3. The summed E-state index contributed by atoms with van der Waals surface area (Å²) < 4.78 is 0. The fraction of sp³-hybridized carbons (Fsp3) is 0.364. The number of hydrogen-bond donors (Lipinski definition) is 0. The lowest BCUT2D eigenvalue weighted by atomic mass is 9.81. The number of carbonyl (C=O) groups is 2. The second-order valence-electron chi connectivity index (χ2n) is 7.72. The fourth-order valence-electron chi connectivity index (χ4n) is 4.06. The van der Waals surface area contributed by atoms with Crippen molar-refractivity contribution >= 4 is 29.1 Å². The van der Waals surface area contributed by atoms with Crippen LogP contribution in [0.2, 0.25) is 5.02 Å². The summed E-state index contributed by atoms with van der Waals surface area (Å²) in [5.41, 5.74) is 1.29. The van der Waals surface area contributed by atoms with Crippen LogP contribution in [0.4, 0.5) is 5.69 Å². The van der Waals surface area contributed by atoms with Crippen molar-refractivity contribution in [2.45, 2.75) is 18.8 Å². The average Bonchev–Trinajstić information content (AvgIpc) is 2.94. The number of likely N-dealkylation sites (tertiary alicyclic amines) is 1. The number of anilines is 1. The van der Waals surface area contributed by atoms with E-state index in [1.54, 1.807) is 0 Å². The number of imide groups is 1. The molecule has 2 heterocycles. The smallest absolute Gasteiger partial charge is 0.241 e. The molecular formula is C22H24ClN3O2. The quantitative estimate of drug-likeness (QED) is 0.743. The SMILES string of the molecule is CC1(c2ccccc2)CC(=O)N(CN2CCN(c3ccc(Cl)cc3)CC2)C1=O. The molecule has 1 atom stereocenters. The lowest BCUT2D eigenvalue weighted by molar-refractivity contribution is -0.142. The molecule has 5 nitrogen and oxygen atoms in total. The van der Waals surface area contributed by atoms with Crippen LogP contribution < -0.4 is 4.90 Å². The number of piperazine rings is 1. The highest BCUT2D eigenvalue weighted by Gasteiger charge is 2.49. The van der Waals surface area contributed by atoms with Gasteiger partial charge < -0.3 is 4.90 Å².